The zero-order valence-electron chi connectivity index (χ0n) is 14.3. The Kier molecular flexibility index (Phi) is 4.99. The van der Waals surface area contributed by atoms with Crippen LogP contribution >= 0.6 is 15.9 Å². The lowest BCUT2D eigenvalue weighted by Crippen LogP contribution is -2.14. The molecule has 0 bridgehead atoms. The monoisotopic (exact) mass is 402 g/mol. The lowest BCUT2D eigenvalue weighted by atomic mass is 10.1. The van der Waals surface area contributed by atoms with Gasteiger partial charge in [0.1, 0.15) is 0 Å². The van der Waals surface area contributed by atoms with E-state index < -0.39 is 0 Å². The molecule has 0 aliphatic rings. The van der Waals surface area contributed by atoms with Crippen molar-refractivity contribution >= 4 is 38.4 Å². The summed E-state index contributed by atoms with van der Waals surface area (Å²) >= 11 is 3.49. The van der Waals surface area contributed by atoms with E-state index in [-0.39, 0.29) is 12.3 Å². The molecule has 3 rings (SSSR count). The quantitative estimate of drug-likeness (QED) is 0.662. The highest BCUT2D eigenvalue weighted by atomic mass is 79.9. The zero-order chi connectivity index (χ0) is 18.0. The number of amides is 1. The maximum atomic E-state index is 12.5. The van der Waals surface area contributed by atoms with Crippen LogP contribution < -0.4 is 14.8 Å². The Morgan fingerprint density at radius 2 is 1.88 bits per heavy atom. The van der Waals surface area contributed by atoms with Gasteiger partial charge in [0.05, 0.1) is 20.6 Å². The molecule has 0 atom stereocenters. The molecule has 1 aromatic heterocycles. The summed E-state index contributed by atoms with van der Waals surface area (Å²) in [5.41, 5.74) is 3.68. The number of benzene rings is 2. The summed E-state index contributed by atoms with van der Waals surface area (Å²) in [7, 11) is 3.14. The van der Waals surface area contributed by atoms with Crippen LogP contribution in [0.3, 0.4) is 0 Å². The number of hydrogen-bond donors (Lipinski definition) is 2. The number of aryl methyl sites for hydroxylation is 1. The second-order valence-electron chi connectivity index (χ2n) is 5.71. The summed E-state index contributed by atoms with van der Waals surface area (Å²) < 4.78 is 11.5. The van der Waals surface area contributed by atoms with Gasteiger partial charge in [0, 0.05) is 32.8 Å². The summed E-state index contributed by atoms with van der Waals surface area (Å²) in [6.07, 6.45) is 0.288. The Labute approximate surface area is 154 Å². The van der Waals surface area contributed by atoms with Crippen molar-refractivity contribution in [2.24, 2.45) is 0 Å². The summed E-state index contributed by atoms with van der Waals surface area (Å²) in [6, 6.07) is 11.3. The molecule has 0 unspecified atom stereocenters. The molecule has 1 amide bonds. The molecule has 6 heteroatoms. The van der Waals surface area contributed by atoms with Gasteiger partial charge in [-0.25, -0.2) is 0 Å². The highest BCUT2D eigenvalue weighted by Crippen LogP contribution is 2.30. The predicted molar refractivity (Wildman–Crippen MR) is 103 cm³/mol. The van der Waals surface area contributed by atoms with Gasteiger partial charge in [-0.1, -0.05) is 15.9 Å². The standard InChI is InChI=1S/C19H19BrN2O3/c1-11-14(15-8-12(20)4-6-16(15)21-11)10-19(23)22-13-5-7-17(24-2)18(9-13)25-3/h4-9,21H,10H2,1-3H3,(H,22,23). The average Bonchev–Trinajstić information content (AvgIpc) is 2.90. The highest BCUT2D eigenvalue weighted by Gasteiger charge is 2.14. The fraction of sp³-hybridized carbons (Fsp3) is 0.211. The summed E-state index contributed by atoms with van der Waals surface area (Å²) in [5, 5.41) is 3.96. The third-order valence-electron chi connectivity index (χ3n) is 4.09. The molecule has 3 aromatic rings. The van der Waals surface area contributed by atoms with Gasteiger partial charge >= 0.3 is 0 Å². The largest absolute Gasteiger partial charge is 0.493 e. The second-order valence-corrected chi connectivity index (χ2v) is 6.63. The van der Waals surface area contributed by atoms with E-state index in [1.165, 1.54) is 0 Å². The maximum Gasteiger partial charge on any atom is 0.228 e. The number of nitrogens with one attached hydrogen (secondary N) is 2. The van der Waals surface area contributed by atoms with E-state index in [0.29, 0.717) is 17.2 Å². The number of carbonyl (C=O) groups is 1. The third-order valence-corrected chi connectivity index (χ3v) is 4.58. The molecule has 0 saturated carbocycles. The lowest BCUT2D eigenvalue weighted by Gasteiger charge is -2.10. The van der Waals surface area contributed by atoms with E-state index in [2.05, 4.69) is 26.2 Å². The number of aromatic amines is 1. The van der Waals surface area contributed by atoms with Crippen molar-refractivity contribution in [2.75, 3.05) is 19.5 Å². The molecular formula is C19H19BrN2O3. The van der Waals surface area contributed by atoms with Gasteiger partial charge in [-0.05, 0) is 42.8 Å². The molecule has 0 radical (unpaired) electrons. The Morgan fingerprint density at radius 3 is 2.60 bits per heavy atom. The van der Waals surface area contributed by atoms with Crippen LogP contribution in [0.1, 0.15) is 11.3 Å². The summed E-state index contributed by atoms with van der Waals surface area (Å²) in [4.78, 5) is 15.8. The lowest BCUT2D eigenvalue weighted by molar-refractivity contribution is -0.115. The topological polar surface area (TPSA) is 63.3 Å². The average molecular weight is 403 g/mol. The van der Waals surface area contributed by atoms with Crippen LogP contribution in [0, 0.1) is 6.92 Å². The van der Waals surface area contributed by atoms with Crippen LogP contribution in [0.5, 0.6) is 11.5 Å². The maximum absolute atomic E-state index is 12.5. The normalized spacial score (nSPS) is 10.7. The van der Waals surface area contributed by atoms with Crippen molar-refractivity contribution in [3.05, 3.63) is 52.1 Å². The van der Waals surface area contributed by atoms with Crippen molar-refractivity contribution in [3.8, 4) is 11.5 Å². The number of halogens is 1. The van der Waals surface area contributed by atoms with Gasteiger partial charge in [0.25, 0.3) is 0 Å². The minimum absolute atomic E-state index is 0.0869. The van der Waals surface area contributed by atoms with Crippen LogP contribution in [0.2, 0.25) is 0 Å². The van der Waals surface area contributed by atoms with Gasteiger partial charge < -0.3 is 19.8 Å². The minimum Gasteiger partial charge on any atom is -0.493 e. The van der Waals surface area contributed by atoms with Crippen LogP contribution in [-0.2, 0) is 11.2 Å². The van der Waals surface area contributed by atoms with Crippen molar-refractivity contribution < 1.29 is 14.3 Å². The van der Waals surface area contributed by atoms with Crippen molar-refractivity contribution in [3.63, 3.8) is 0 Å². The summed E-state index contributed by atoms with van der Waals surface area (Å²) in [5.74, 6) is 1.11. The second kappa shape index (κ2) is 7.19. The van der Waals surface area contributed by atoms with Gasteiger partial charge in [-0.15, -0.1) is 0 Å². The zero-order valence-corrected chi connectivity index (χ0v) is 15.9. The molecule has 130 valence electrons. The molecule has 1 heterocycles. The molecule has 2 aromatic carbocycles. The Morgan fingerprint density at radius 1 is 1.12 bits per heavy atom. The summed E-state index contributed by atoms with van der Waals surface area (Å²) in [6.45, 7) is 1.98. The van der Waals surface area contributed by atoms with Gasteiger partial charge in [-0.2, -0.15) is 0 Å². The molecule has 0 spiro atoms. The van der Waals surface area contributed by atoms with E-state index in [1.54, 1.807) is 32.4 Å². The van der Waals surface area contributed by atoms with Crippen molar-refractivity contribution in [2.45, 2.75) is 13.3 Å². The number of aromatic nitrogens is 1. The Balaban J connectivity index is 1.81. The number of rotatable bonds is 5. The Hall–Kier alpha value is -2.47. The van der Waals surface area contributed by atoms with Crippen LogP contribution in [0.15, 0.2) is 40.9 Å². The van der Waals surface area contributed by atoms with Gasteiger partial charge in [0.15, 0.2) is 11.5 Å². The number of hydrogen-bond acceptors (Lipinski definition) is 3. The highest BCUT2D eigenvalue weighted by molar-refractivity contribution is 9.10. The SMILES string of the molecule is COc1ccc(NC(=O)Cc2c(C)[nH]c3ccc(Br)cc23)cc1OC. The van der Waals surface area contributed by atoms with Crippen LogP contribution in [0.25, 0.3) is 10.9 Å². The molecule has 2 N–H and O–H groups in total. The third kappa shape index (κ3) is 3.64. The number of methoxy groups -OCH3 is 2. The minimum atomic E-state index is -0.0869. The van der Waals surface area contributed by atoms with E-state index >= 15 is 0 Å². The number of fused-ring (bicyclic) bond motifs is 1. The van der Waals surface area contributed by atoms with Gasteiger partial charge in [0.2, 0.25) is 5.91 Å². The first-order valence-corrected chi connectivity index (χ1v) is 8.59. The first kappa shape index (κ1) is 17.4. The predicted octanol–water partition coefficient (Wildman–Crippen LogP) is 4.44. The fourth-order valence-corrected chi connectivity index (χ4v) is 3.22. The smallest absolute Gasteiger partial charge is 0.228 e. The van der Waals surface area contributed by atoms with E-state index in [0.717, 1.165) is 26.6 Å². The number of anilines is 1. The molecular weight excluding hydrogens is 384 g/mol. The fourth-order valence-electron chi connectivity index (χ4n) is 2.86. The van der Waals surface area contributed by atoms with Crippen LogP contribution in [-0.4, -0.2) is 25.1 Å². The molecule has 5 nitrogen and oxygen atoms in total. The molecule has 0 fully saturated rings. The van der Waals surface area contributed by atoms with E-state index in [1.807, 2.05) is 25.1 Å². The van der Waals surface area contributed by atoms with E-state index in [9.17, 15) is 4.79 Å². The molecule has 25 heavy (non-hydrogen) atoms. The van der Waals surface area contributed by atoms with E-state index in [4.69, 9.17) is 9.47 Å². The van der Waals surface area contributed by atoms with Gasteiger partial charge in [-0.3, -0.25) is 4.79 Å². The number of ether oxygens (including phenoxy) is 2. The molecule has 0 aliphatic heterocycles. The Bertz CT molecular complexity index is 934. The number of carbonyl (C=O) groups excluding carboxylic acids is 1. The first-order valence-electron chi connectivity index (χ1n) is 7.80. The van der Waals surface area contributed by atoms with Crippen molar-refractivity contribution in [1.29, 1.82) is 0 Å². The first-order chi connectivity index (χ1) is 12.0. The van der Waals surface area contributed by atoms with Crippen LogP contribution in [0.4, 0.5) is 5.69 Å². The number of H-pyrrole nitrogens is 1. The molecule has 0 saturated heterocycles. The van der Waals surface area contributed by atoms with Crippen molar-refractivity contribution in [1.82, 2.24) is 4.98 Å². The molecule has 0 aliphatic carbocycles.